The lowest BCUT2D eigenvalue weighted by Gasteiger charge is -2.12. The summed E-state index contributed by atoms with van der Waals surface area (Å²) in [7, 11) is 1.71. The van der Waals surface area contributed by atoms with Crippen molar-refractivity contribution in [2.24, 2.45) is 0 Å². The summed E-state index contributed by atoms with van der Waals surface area (Å²) in [6.07, 6.45) is 1.73. The van der Waals surface area contributed by atoms with Crippen LogP contribution in [0.3, 0.4) is 0 Å². The van der Waals surface area contributed by atoms with E-state index in [2.05, 4.69) is 0 Å². The molecule has 0 radical (unpaired) electrons. The van der Waals surface area contributed by atoms with E-state index in [9.17, 15) is 0 Å². The second-order valence-corrected chi connectivity index (χ2v) is 2.77. The summed E-state index contributed by atoms with van der Waals surface area (Å²) in [5, 5.41) is 0. The molecular weight excluding hydrogens is 156 g/mol. The number of methoxy groups -OCH3 is 1. The van der Waals surface area contributed by atoms with Gasteiger partial charge in [0.05, 0.1) is 12.7 Å². The first-order chi connectivity index (χ1) is 5.92. The Balaban J connectivity index is 0.000000336. The van der Waals surface area contributed by atoms with Gasteiger partial charge < -0.3 is 14.2 Å². The molecule has 3 heteroatoms. The Morgan fingerprint density at radius 3 is 2.67 bits per heavy atom. The van der Waals surface area contributed by atoms with Crippen LogP contribution >= 0.6 is 0 Å². The Hall–Kier alpha value is -0.120. The molecule has 12 heavy (non-hydrogen) atoms. The van der Waals surface area contributed by atoms with Crippen LogP contribution in [0, 0.1) is 0 Å². The average molecular weight is 174 g/mol. The number of ether oxygens (including phenoxy) is 3. The Kier molecular flexibility index (Phi) is 3.98. The van der Waals surface area contributed by atoms with Gasteiger partial charge in [0.25, 0.3) is 0 Å². The van der Waals surface area contributed by atoms with Crippen LogP contribution in [0.25, 0.3) is 0 Å². The molecule has 2 rings (SSSR count). The summed E-state index contributed by atoms with van der Waals surface area (Å²) >= 11 is 0. The number of rotatable bonds is 1. The van der Waals surface area contributed by atoms with Crippen LogP contribution in [0.4, 0.5) is 0 Å². The maximum Gasteiger partial charge on any atom is 0.112 e. The van der Waals surface area contributed by atoms with Crippen LogP contribution in [0.5, 0.6) is 0 Å². The third-order valence-electron chi connectivity index (χ3n) is 2.22. The zero-order valence-corrected chi connectivity index (χ0v) is 8.08. The third kappa shape index (κ3) is 1.79. The second kappa shape index (κ2) is 4.80. The van der Waals surface area contributed by atoms with Gasteiger partial charge in [-0.15, -0.1) is 0 Å². The monoisotopic (exact) mass is 174 g/mol. The molecule has 2 aliphatic heterocycles. The first-order valence-corrected chi connectivity index (χ1v) is 4.68. The largest absolute Gasteiger partial charge is 0.376 e. The fraction of sp³-hybridized carbons (Fsp3) is 1.00. The van der Waals surface area contributed by atoms with Gasteiger partial charge in [0, 0.05) is 13.7 Å². The Labute approximate surface area is 74.0 Å². The predicted octanol–water partition coefficient (Wildman–Crippen LogP) is 1.22. The summed E-state index contributed by atoms with van der Waals surface area (Å²) in [5.74, 6) is 0. The molecule has 3 atom stereocenters. The highest BCUT2D eigenvalue weighted by atomic mass is 16.6. The van der Waals surface area contributed by atoms with E-state index in [0.29, 0.717) is 12.7 Å². The highest BCUT2D eigenvalue weighted by Crippen LogP contribution is 2.27. The summed E-state index contributed by atoms with van der Waals surface area (Å²) in [4.78, 5) is 0. The van der Waals surface area contributed by atoms with E-state index in [0.717, 1.165) is 13.0 Å². The van der Waals surface area contributed by atoms with Gasteiger partial charge >= 0.3 is 0 Å². The zero-order chi connectivity index (χ0) is 8.97. The van der Waals surface area contributed by atoms with Crippen molar-refractivity contribution in [1.82, 2.24) is 0 Å². The number of hydrogen-bond donors (Lipinski definition) is 0. The Bertz CT molecular complexity index is 127. The lowest BCUT2D eigenvalue weighted by molar-refractivity contribution is -0.00727. The third-order valence-corrected chi connectivity index (χ3v) is 2.22. The fourth-order valence-corrected chi connectivity index (χ4v) is 1.63. The average Bonchev–Trinajstić information content (AvgIpc) is 2.67. The van der Waals surface area contributed by atoms with Crippen molar-refractivity contribution in [1.29, 1.82) is 0 Å². The number of fused-ring (bicyclic) bond motifs is 1. The first-order valence-electron chi connectivity index (χ1n) is 4.68. The summed E-state index contributed by atoms with van der Waals surface area (Å²) in [5.41, 5.74) is 0. The van der Waals surface area contributed by atoms with Crippen molar-refractivity contribution in [3.05, 3.63) is 0 Å². The van der Waals surface area contributed by atoms with Crippen molar-refractivity contribution in [2.75, 3.05) is 20.3 Å². The molecule has 2 saturated heterocycles. The molecule has 0 aromatic carbocycles. The van der Waals surface area contributed by atoms with Crippen molar-refractivity contribution in [2.45, 2.75) is 38.6 Å². The van der Waals surface area contributed by atoms with E-state index < -0.39 is 0 Å². The van der Waals surface area contributed by atoms with E-state index in [1.165, 1.54) is 0 Å². The van der Waals surface area contributed by atoms with Gasteiger partial charge in [-0.1, -0.05) is 13.8 Å². The molecule has 2 fully saturated rings. The van der Waals surface area contributed by atoms with Gasteiger partial charge in [-0.2, -0.15) is 0 Å². The predicted molar refractivity (Wildman–Crippen MR) is 46.2 cm³/mol. The maximum absolute atomic E-state index is 5.43. The van der Waals surface area contributed by atoms with Gasteiger partial charge in [-0.05, 0) is 6.42 Å². The van der Waals surface area contributed by atoms with Crippen molar-refractivity contribution >= 4 is 0 Å². The molecule has 0 aliphatic carbocycles. The molecule has 3 nitrogen and oxygen atoms in total. The molecule has 0 aromatic heterocycles. The minimum atomic E-state index is 0.174. The highest BCUT2D eigenvalue weighted by Gasteiger charge is 2.41. The van der Waals surface area contributed by atoms with Crippen molar-refractivity contribution in [3.63, 3.8) is 0 Å². The minimum Gasteiger partial charge on any atom is -0.376 e. The van der Waals surface area contributed by atoms with Crippen molar-refractivity contribution < 1.29 is 14.2 Å². The minimum absolute atomic E-state index is 0.174. The van der Waals surface area contributed by atoms with Crippen LogP contribution in [-0.2, 0) is 14.2 Å². The molecular formula is C9H18O3. The Morgan fingerprint density at radius 1 is 1.25 bits per heavy atom. The smallest absolute Gasteiger partial charge is 0.112 e. The van der Waals surface area contributed by atoms with Crippen LogP contribution < -0.4 is 0 Å². The highest BCUT2D eigenvalue weighted by molar-refractivity contribution is 4.89. The maximum atomic E-state index is 5.43. The molecule has 0 saturated carbocycles. The second-order valence-electron chi connectivity index (χ2n) is 2.77. The van der Waals surface area contributed by atoms with Crippen molar-refractivity contribution in [3.8, 4) is 0 Å². The molecule has 0 bridgehead atoms. The summed E-state index contributed by atoms with van der Waals surface area (Å²) < 4.78 is 16.0. The normalized spacial score (nSPS) is 38.8. The van der Waals surface area contributed by atoms with Crippen LogP contribution in [0.15, 0.2) is 0 Å². The van der Waals surface area contributed by atoms with Crippen LogP contribution in [0.2, 0.25) is 0 Å². The molecule has 0 N–H and O–H groups in total. The van der Waals surface area contributed by atoms with Gasteiger partial charge in [0.2, 0.25) is 0 Å². The molecule has 0 unspecified atom stereocenters. The van der Waals surface area contributed by atoms with Gasteiger partial charge in [0.1, 0.15) is 12.2 Å². The first kappa shape index (κ1) is 9.96. The fourth-order valence-electron chi connectivity index (χ4n) is 1.63. The van der Waals surface area contributed by atoms with E-state index in [1.807, 2.05) is 13.8 Å². The molecule has 2 heterocycles. The molecule has 0 aromatic rings. The van der Waals surface area contributed by atoms with Gasteiger partial charge in [-0.3, -0.25) is 0 Å². The summed E-state index contributed by atoms with van der Waals surface area (Å²) in [6, 6.07) is 0. The molecule has 2 aliphatic rings. The van der Waals surface area contributed by atoms with Gasteiger partial charge in [0.15, 0.2) is 0 Å². The lowest BCUT2D eigenvalue weighted by atomic mass is 10.1. The lowest BCUT2D eigenvalue weighted by Crippen LogP contribution is -2.28. The standard InChI is InChI=1S/C7H12O3.C2H6/c1-8-6-4-10-5-2-3-9-7(5)6;1-2/h5-7H,2-4H2,1H3;1-2H3/t5-,6-,7+;/m1./s1. The van der Waals surface area contributed by atoms with E-state index >= 15 is 0 Å². The van der Waals surface area contributed by atoms with Crippen LogP contribution in [0.1, 0.15) is 20.3 Å². The van der Waals surface area contributed by atoms with Gasteiger partial charge in [-0.25, -0.2) is 0 Å². The van der Waals surface area contributed by atoms with Crippen LogP contribution in [-0.4, -0.2) is 38.6 Å². The topological polar surface area (TPSA) is 27.7 Å². The molecule has 72 valence electrons. The molecule has 0 spiro atoms. The van der Waals surface area contributed by atoms with E-state index in [-0.39, 0.29) is 12.2 Å². The van der Waals surface area contributed by atoms with E-state index in [4.69, 9.17) is 14.2 Å². The van der Waals surface area contributed by atoms with E-state index in [1.54, 1.807) is 7.11 Å². The zero-order valence-electron chi connectivity index (χ0n) is 8.08. The summed E-state index contributed by atoms with van der Waals surface area (Å²) in [6.45, 7) is 5.53. The Morgan fingerprint density at radius 2 is 2.00 bits per heavy atom. The quantitative estimate of drug-likeness (QED) is 0.598. The number of hydrogen-bond acceptors (Lipinski definition) is 3. The molecule has 0 amide bonds. The SMILES string of the molecule is CC.CO[C@@H]1CO[C@@H]2CCO[C@H]12.